The number of amides is 2. The summed E-state index contributed by atoms with van der Waals surface area (Å²) in [5.74, 6) is 0.588. The Bertz CT molecular complexity index is 491. The smallest absolute Gasteiger partial charge is 0.224 e. The van der Waals surface area contributed by atoms with Crippen LogP contribution in [-0.2, 0) is 16.1 Å². The predicted molar refractivity (Wildman–Crippen MR) is 80.5 cm³/mol. The monoisotopic (exact) mass is 342 g/mol. The van der Waals surface area contributed by atoms with Crippen LogP contribution in [0.3, 0.4) is 0 Å². The molecule has 0 heterocycles. The standard InChI is InChI=1S/C14H19BrN2O3/c1-10(18)16-7-6-14(19)17(2)9-11-8-12(15)4-5-13(11)20-3/h4-5,8H,6-7,9H2,1-3H3,(H,16,18). The molecule has 0 saturated carbocycles. The van der Waals surface area contributed by atoms with Crippen molar-refractivity contribution in [3.63, 3.8) is 0 Å². The Kier molecular flexibility index (Phi) is 6.51. The number of carbonyl (C=O) groups is 2. The normalized spacial score (nSPS) is 10.0. The van der Waals surface area contributed by atoms with Crippen molar-refractivity contribution in [1.82, 2.24) is 10.2 Å². The van der Waals surface area contributed by atoms with Gasteiger partial charge in [0.1, 0.15) is 5.75 Å². The van der Waals surface area contributed by atoms with Crippen molar-refractivity contribution in [3.05, 3.63) is 28.2 Å². The maximum atomic E-state index is 11.9. The van der Waals surface area contributed by atoms with Crippen molar-refractivity contribution < 1.29 is 14.3 Å². The van der Waals surface area contributed by atoms with Gasteiger partial charge >= 0.3 is 0 Å². The van der Waals surface area contributed by atoms with Gasteiger partial charge in [-0.1, -0.05) is 15.9 Å². The number of nitrogens with zero attached hydrogens (tertiary/aromatic N) is 1. The molecule has 0 aliphatic heterocycles. The number of carbonyl (C=O) groups excluding carboxylic acids is 2. The zero-order valence-corrected chi connectivity index (χ0v) is 13.5. The zero-order valence-electron chi connectivity index (χ0n) is 11.9. The SMILES string of the molecule is COc1ccc(Br)cc1CN(C)C(=O)CCNC(C)=O. The molecule has 0 saturated heterocycles. The maximum absolute atomic E-state index is 11.9. The molecule has 6 heteroatoms. The highest BCUT2D eigenvalue weighted by Crippen LogP contribution is 2.24. The molecule has 1 rings (SSSR count). The minimum Gasteiger partial charge on any atom is -0.496 e. The van der Waals surface area contributed by atoms with Crippen LogP contribution in [0.1, 0.15) is 18.9 Å². The third-order valence-electron chi connectivity index (χ3n) is 2.79. The molecule has 1 aromatic rings. The van der Waals surface area contributed by atoms with Gasteiger partial charge in [0, 0.05) is 43.5 Å². The fourth-order valence-corrected chi connectivity index (χ4v) is 2.16. The van der Waals surface area contributed by atoms with E-state index >= 15 is 0 Å². The molecule has 1 N–H and O–H groups in total. The Morgan fingerprint density at radius 2 is 2.10 bits per heavy atom. The highest BCUT2D eigenvalue weighted by molar-refractivity contribution is 9.10. The second kappa shape index (κ2) is 7.89. The van der Waals surface area contributed by atoms with Gasteiger partial charge in [0.15, 0.2) is 0 Å². The average Bonchev–Trinajstić information content (AvgIpc) is 2.38. The molecule has 2 amide bonds. The number of hydrogen-bond acceptors (Lipinski definition) is 3. The van der Waals surface area contributed by atoms with E-state index in [1.807, 2.05) is 18.2 Å². The van der Waals surface area contributed by atoms with E-state index in [0.717, 1.165) is 15.8 Å². The summed E-state index contributed by atoms with van der Waals surface area (Å²) in [6.07, 6.45) is 0.284. The van der Waals surface area contributed by atoms with Crippen LogP contribution >= 0.6 is 15.9 Å². The molecule has 110 valence electrons. The Morgan fingerprint density at radius 3 is 2.70 bits per heavy atom. The van der Waals surface area contributed by atoms with Gasteiger partial charge < -0.3 is 15.0 Å². The fourth-order valence-electron chi connectivity index (χ4n) is 1.75. The summed E-state index contributed by atoms with van der Waals surface area (Å²) in [6, 6.07) is 5.67. The number of halogens is 1. The topological polar surface area (TPSA) is 58.6 Å². The van der Waals surface area contributed by atoms with Crippen molar-refractivity contribution in [2.45, 2.75) is 19.9 Å². The van der Waals surface area contributed by atoms with E-state index < -0.39 is 0 Å². The van der Waals surface area contributed by atoms with Gasteiger partial charge in [0.05, 0.1) is 7.11 Å². The number of nitrogens with one attached hydrogen (secondary N) is 1. The van der Waals surface area contributed by atoms with E-state index in [1.165, 1.54) is 6.92 Å². The molecular weight excluding hydrogens is 324 g/mol. The van der Waals surface area contributed by atoms with Crippen molar-refractivity contribution in [3.8, 4) is 5.75 Å². The largest absolute Gasteiger partial charge is 0.496 e. The summed E-state index contributed by atoms with van der Waals surface area (Å²) in [5, 5.41) is 2.61. The predicted octanol–water partition coefficient (Wildman–Crippen LogP) is 1.94. The summed E-state index contributed by atoms with van der Waals surface area (Å²) >= 11 is 3.40. The molecular formula is C14H19BrN2O3. The molecule has 0 spiro atoms. The molecule has 0 aromatic heterocycles. The number of hydrogen-bond donors (Lipinski definition) is 1. The van der Waals surface area contributed by atoms with E-state index in [-0.39, 0.29) is 18.2 Å². The van der Waals surface area contributed by atoms with E-state index in [0.29, 0.717) is 13.1 Å². The minimum absolute atomic E-state index is 0.0271. The van der Waals surface area contributed by atoms with Gasteiger partial charge in [0.25, 0.3) is 0 Å². The number of rotatable bonds is 6. The Hall–Kier alpha value is -1.56. The van der Waals surface area contributed by atoms with Crippen LogP contribution in [0, 0.1) is 0 Å². The number of methoxy groups -OCH3 is 1. The number of benzene rings is 1. The Balaban J connectivity index is 2.61. The first-order valence-electron chi connectivity index (χ1n) is 6.25. The van der Waals surface area contributed by atoms with Crippen LogP contribution in [-0.4, -0.2) is 37.4 Å². The Labute approximate surface area is 127 Å². The summed E-state index contributed by atoms with van der Waals surface area (Å²) in [5.41, 5.74) is 0.928. The van der Waals surface area contributed by atoms with E-state index in [4.69, 9.17) is 4.74 Å². The van der Waals surface area contributed by atoms with Gasteiger partial charge in [-0.2, -0.15) is 0 Å². The molecule has 0 aliphatic carbocycles. The highest BCUT2D eigenvalue weighted by atomic mass is 79.9. The van der Waals surface area contributed by atoms with Crippen molar-refractivity contribution in [2.75, 3.05) is 20.7 Å². The maximum Gasteiger partial charge on any atom is 0.224 e. The lowest BCUT2D eigenvalue weighted by molar-refractivity contribution is -0.130. The summed E-state index contributed by atoms with van der Waals surface area (Å²) in [4.78, 5) is 24.3. The van der Waals surface area contributed by atoms with Crippen LogP contribution in [0.25, 0.3) is 0 Å². The first-order chi connectivity index (χ1) is 9.43. The third-order valence-corrected chi connectivity index (χ3v) is 3.28. The van der Waals surface area contributed by atoms with Crippen molar-refractivity contribution in [1.29, 1.82) is 0 Å². The second-order valence-corrected chi connectivity index (χ2v) is 5.35. The molecule has 0 fully saturated rings. The summed E-state index contributed by atoms with van der Waals surface area (Å²) < 4.78 is 6.22. The van der Waals surface area contributed by atoms with Gasteiger partial charge in [-0.05, 0) is 18.2 Å². The molecule has 1 aromatic carbocycles. The lowest BCUT2D eigenvalue weighted by Gasteiger charge is -2.19. The summed E-state index contributed by atoms with van der Waals surface area (Å²) in [6.45, 7) is 2.25. The molecule has 0 atom stereocenters. The first kappa shape index (κ1) is 16.5. The first-order valence-corrected chi connectivity index (χ1v) is 7.04. The lowest BCUT2D eigenvalue weighted by Crippen LogP contribution is -2.31. The lowest BCUT2D eigenvalue weighted by atomic mass is 10.2. The van der Waals surface area contributed by atoms with Crippen LogP contribution in [0.5, 0.6) is 5.75 Å². The van der Waals surface area contributed by atoms with Gasteiger partial charge in [-0.15, -0.1) is 0 Å². The van der Waals surface area contributed by atoms with E-state index in [9.17, 15) is 9.59 Å². The van der Waals surface area contributed by atoms with Crippen LogP contribution in [0.2, 0.25) is 0 Å². The van der Waals surface area contributed by atoms with E-state index in [2.05, 4.69) is 21.2 Å². The van der Waals surface area contributed by atoms with Crippen molar-refractivity contribution in [2.24, 2.45) is 0 Å². The van der Waals surface area contributed by atoms with Crippen LogP contribution in [0.15, 0.2) is 22.7 Å². The summed E-state index contributed by atoms with van der Waals surface area (Å²) in [7, 11) is 3.34. The zero-order chi connectivity index (χ0) is 15.1. The fraction of sp³-hybridized carbons (Fsp3) is 0.429. The minimum atomic E-state index is -0.130. The molecule has 0 aliphatic rings. The molecule has 0 radical (unpaired) electrons. The van der Waals surface area contributed by atoms with E-state index in [1.54, 1.807) is 19.1 Å². The van der Waals surface area contributed by atoms with Crippen LogP contribution < -0.4 is 10.1 Å². The van der Waals surface area contributed by atoms with Gasteiger partial charge in [-0.25, -0.2) is 0 Å². The molecule has 20 heavy (non-hydrogen) atoms. The average molecular weight is 343 g/mol. The molecule has 5 nitrogen and oxygen atoms in total. The molecule has 0 unspecified atom stereocenters. The molecule has 0 bridgehead atoms. The number of ether oxygens (including phenoxy) is 1. The quantitative estimate of drug-likeness (QED) is 0.859. The van der Waals surface area contributed by atoms with Gasteiger partial charge in [-0.3, -0.25) is 9.59 Å². The van der Waals surface area contributed by atoms with Gasteiger partial charge in [0.2, 0.25) is 11.8 Å². The third kappa shape index (κ3) is 5.21. The highest BCUT2D eigenvalue weighted by Gasteiger charge is 2.12. The second-order valence-electron chi connectivity index (χ2n) is 4.44. The van der Waals surface area contributed by atoms with Crippen molar-refractivity contribution >= 4 is 27.7 Å². The Morgan fingerprint density at radius 1 is 1.40 bits per heavy atom. The van der Waals surface area contributed by atoms with Crippen LogP contribution in [0.4, 0.5) is 0 Å².